The van der Waals surface area contributed by atoms with Gasteiger partial charge in [0.25, 0.3) is 11.5 Å². The van der Waals surface area contributed by atoms with Gasteiger partial charge in [-0.25, -0.2) is 4.68 Å². The van der Waals surface area contributed by atoms with E-state index >= 15 is 0 Å². The summed E-state index contributed by atoms with van der Waals surface area (Å²) >= 11 is 0. The largest absolute Gasteiger partial charge is 0.349 e. The molecule has 6 nitrogen and oxygen atoms in total. The number of hydrogen-bond donors (Lipinski definition) is 1. The van der Waals surface area contributed by atoms with E-state index in [9.17, 15) is 9.59 Å². The third-order valence-electron chi connectivity index (χ3n) is 4.60. The highest BCUT2D eigenvalue weighted by atomic mass is 16.2. The molecule has 1 aliphatic rings. The molecule has 132 valence electrons. The summed E-state index contributed by atoms with van der Waals surface area (Å²) in [6, 6.07) is 12.8. The van der Waals surface area contributed by atoms with Crippen molar-refractivity contribution in [1.29, 1.82) is 0 Å². The van der Waals surface area contributed by atoms with E-state index in [2.05, 4.69) is 22.2 Å². The first kappa shape index (κ1) is 17.4. The van der Waals surface area contributed by atoms with Crippen molar-refractivity contribution in [2.24, 2.45) is 0 Å². The standard InChI is InChI=1S/C19H24N4O2/c1-15(22-11-5-6-12-22)13-20-19(25)17-9-10-18(24)23(21-17)14-16-7-3-2-4-8-16/h2-4,7-10,15H,5-6,11-14H2,1H3,(H,20,25)/t15-/m1/s1. The zero-order chi connectivity index (χ0) is 17.6. The Morgan fingerprint density at radius 2 is 1.88 bits per heavy atom. The topological polar surface area (TPSA) is 67.2 Å². The van der Waals surface area contributed by atoms with Crippen molar-refractivity contribution in [2.45, 2.75) is 32.4 Å². The normalized spacial score (nSPS) is 15.9. The van der Waals surface area contributed by atoms with Crippen molar-refractivity contribution in [3.05, 3.63) is 64.1 Å². The maximum atomic E-state index is 12.4. The number of hydrogen-bond acceptors (Lipinski definition) is 4. The Bertz CT molecular complexity index is 766. The minimum Gasteiger partial charge on any atom is -0.349 e. The van der Waals surface area contributed by atoms with Crippen molar-refractivity contribution < 1.29 is 4.79 Å². The van der Waals surface area contributed by atoms with Crippen LogP contribution in [0.2, 0.25) is 0 Å². The van der Waals surface area contributed by atoms with Crippen molar-refractivity contribution in [1.82, 2.24) is 20.0 Å². The van der Waals surface area contributed by atoms with Crippen LogP contribution in [0.15, 0.2) is 47.3 Å². The summed E-state index contributed by atoms with van der Waals surface area (Å²) in [6.07, 6.45) is 2.45. The van der Waals surface area contributed by atoms with Crippen LogP contribution in [0, 0.1) is 0 Å². The van der Waals surface area contributed by atoms with Gasteiger partial charge in [-0.2, -0.15) is 5.10 Å². The fraction of sp³-hybridized carbons (Fsp3) is 0.421. The molecule has 3 rings (SSSR count). The quantitative estimate of drug-likeness (QED) is 0.865. The van der Waals surface area contributed by atoms with Gasteiger partial charge in [-0.15, -0.1) is 0 Å². The van der Waals surface area contributed by atoms with Crippen LogP contribution < -0.4 is 10.9 Å². The molecular formula is C19H24N4O2. The van der Waals surface area contributed by atoms with Crippen molar-refractivity contribution in [3.63, 3.8) is 0 Å². The third-order valence-corrected chi connectivity index (χ3v) is 4.60. The van der Waals surface area contributed by atoms with E-state index in [1.54, 1.807) is 0 Å². The van der Waals surface area contributed by atoms with Gasteiger partial charge in [0.2, 0.25) is 0 Å². The molecule has 1 aromatic carbocycles. The molecule has 0 saturated carbocycles. The lowest BCUT2D eigenvalue weighted by molar-refractivity contribution is 0.0933. The number of nitrogens with one attached hydrogen (secondary N) is 1. The molecule has 1 atom stereocenters. The van der Waals surface area contributed by atoms with Crippen molar-refractivity contribution in [2.75, 3.05) is 19.6 Å². The zero-order valence-corrected chi connectivity index (χ0v) is 14.5. The number of likely N-dealkylation sites (tertiary alicyclic amines) is 1. The fourth-order valence-corrected chi connectivity index (χ4v) is 3.08. The van der Waals surface area contributed by atoms with Gasteiger partial charge in [-0.3, -0.25) is 14.5 Å². The first-order valence-electron chi connectivity index (χ1n) is 8.78. The van der Waals surface area contributed by atoms with Crippen LogP contribution in [0.1, 0.15) is 35.8 Å². The van der Waals surface area contributed by atoms with Crippen LogP contribution in [0.25, 0.3) is 0 Å². The maximum absolute atomic E-state index is 12.4. The van der Waals surface area contributed by atoms with E-state index in [1.165, 1.54) is 29.7 Å². The van der Waals surface area contributed by atoms with Crippen LogP contribution in [0.4, 0.5) is 0 Å². The second-order valence-electron chi connectivity index (χ2n) is 6.50. The second kappa shape index (κ2) is 8.07. The molecule has 1 aromatic heterocycles. The molecule has 0 unspecified atom stereocenters. The summed E-state index contributed by atoms with van der Waals surface area (Å²) in [5.74, 6) is -0.243. The van der Waals surface area contributed by atoms with Gasteiger partial charge in [-0.05, 0) is 44.5 Å². The minimum absolute atomic E-state index is 0.217. The number of carbonyl (C=O) groups is 1. The van der Waals surface area contributed by atoms with Gasteiger partial charge < -0.3 is 5.32 Å². The Kier molecular flexibility index (Phi) is 5.60. The molecule has 25 heavy (non-hydrogen) atoms. The van der Waals surface area contributed by atoms with Gasteiger partial charge in [0.1, 0.15) is 5.69 Å². The van der Waals surface area contributed by atoms with Gasteiger partial charge in [-0.1, -0.05) is 30.3 Å². The SMILES string of the molecule is C[C@H](CNC(=O)c1ccc(=O)n(Cc2ccccc2)n1)N1CCCC1. The van der Waals surface area contributed by atoms with E-state index in [0.29, 0.717) is 19.1 Å². The number of benzene rings is 1. The minimum atomic E-state index is -0.243. The molecular weight excluding hydrogens is 316 g/mol. The van der Waals surface area contributed by atoms with Crippen LogP contribution in [-0.2, 0) is 6.54 Å². The van der Waals surface area contributed by atoms with E-state index in [-0.39, 0.29) is 17.2 Å². The zero-order valence-electron chi connectivity index (χ0n) is 14.5. The molecule has 0 bridgehead atoms. The number of rotatable bonds is 6. The highest BCUT2D eigenvalue weighted by molar-refractivity contribution is 5.92. The van der Waals surface area contributed by atoms with E-state index in [4.69, 9.17) is 0 Å². The summed E-state index contributed by atoms with van der Waals surface area (Å²) in [5, 5.41) is 7.15. The average molecular weight is 340 g/mol. The Balaban J connectivity index is 1.64. The summed E-state index contributed by atoms with van der Waals surface area (Å²) in [4.78, 5) is 26.8. The van der Waals surface area contributed by atoms with Gasteiger partial charge in [0.05, 0.1) is 6.54 Å². The lowest BCUT2D eigenvalue weighted by atomic mass is 10.2. The maximum Gasteiger partial charge on any atom is 0.271 e. The lowest BCUT2D eigenvalue weighted by Gasteiger charge is -2.23. The summed E-state index contributed by atoms with van der Waals surface area (Å²) in [5.41, 5.74) is 1.02. The molecule has 0 aliphatic carbocycles. The van der Waals surface area contributed by atoms with Crippen LogP contribution in [-0.4, -0.2) is 46.3 Å². The Morgan fingerprint density at radius 1 is 1.16 bits per heavy atom. The second-order valence-corrected chi connectivity index (χ2v) is 6.50. The Morgan fingerprint density at radius 3 is 2.60 bits per heavy atom. The van der Waals surface area contributed by atoms with Gasteiger partial charge >= 0.3 is 0 Å². The fourth-order valence-electron chi connectivity index (χ4n) is 3.08. The third kappa shape index (κ3) is 4.54. The molecule has 1 aliphatic heterocycles. The van der Waals surface area contributed by atoms with Crippen molar-refractivity contribution >= 4 is 5.91 Å². The van der Waals surface area contributed by atoms with Gasteiger partial charge in [0, 0.05) is 18.7 Å². The lowest BCUT2D eigenvalue weighted by Crippen LogP contribution is -2.41. The molecule has 2 aromatic rings. The van der Waals surface area contributed by atoms with Crippen LogP contribution in [0.3, 0.4) is 0 Å². The monoisotopic (exact) mass is 340 g/mol. The van der Waals surface area contributed by atoms with Gasteiger partial charge in [0.15, 0.2) is 0 Å². The summed E-state index contributed by atoms with van der Waals surface area (Å²) in [7, 11) is 0. The van der Waals surface area contributed by atoms with E-state index in [0.717, 1.165) is 18.7 Å². The van der Waals surface area contributed by atoms with Crippen LogP contribution >= 0.6 is 0 Å². The number of nitrogens with zero attached hydrogens (tertiary/aromatic N) is 3. The van der Waals surface area contributed by atoms with Crippen molar-refractivity contribution in [3.8, 4) is 0 Å². The van der Waals surface area contributed by atoms with Crippen LogP contribution in [0.5, 0.6) is 0 Å². The molecule has 1 saturated heterocycles. The molecule has 0 spiro atoms. The first-order chi connectivity index (χ1) is 12.1. The molecule has 6 heteroatoms. The highest BCUT2D eigenvalue weighted by Crippen LogP contribution is 2.10. The number of aromatic nitrogens is 2. The summed E-state index contributed by atoms with van der Waals surface area (Å²) in [6.45, 7) is 5.24. The smallest absolute Gasteiger partial charge is 0.271 e. The number of amides is 1. The molecule has 1 amide bonds. The predicted molar refractivity (Wildman–Crippen MR) is 96.6 cm³/mol. The Labute approximate surface area is 147 Å². The molecule has 0 radical (unpaired) electrons. The average Bonchev–Trinajstić information content (AvgIpc) is 3.17. The molecule has 2 heterocycles. The first-order valence-corrected chi connectivity index (χ1v) is 8.78. The van der Waals surface area contributed by atoms with E-state index in [1.807, 2.05) is 30.3 Å². The van der Waals surface area contributed by atoms with E-state index < -0.39 is 0 Å². The molecule has 1 fully saturated rings. The summed E-state index contributed by atoms with van der Waals surface area (Å²) < 4.78 is 1.33. The number of carbonyl (C=O) groups excluding carboxylic acids is 1. The Hall–Kier alpha value is -2.47. The highest BCUT2D eigenvalue weighted by Gasteiger charge is 2.19. The molecule has 1 N–H and O–H groups in total. The predicted octanol–water partition coefficient (Wildman–Crippen LogP) is 1.51.